The van der Waals surface area contributed by atoms with E-state index in [1.165, 1.54) is 6.20 Å². The molecule has 3 aliphatic rings. The molecule has 1 atom stereocenters. The predicted molar refractivity (Wildman–Crippen MR) is 136 cm³/mol. The van der Waals surface area contributed by atoms with E-state index in [0.717, 1.165) is 37.4 Å². The van der Waals surface area contributed by atoms with Crippen molar-refractivity contribution in [3.63, 3.8) is 0 Å². The number of carbonyl (C=O) groups excluding carboxylic acids is 2. The molecular weight excluding hydrogens is 477 g/mol. The highest BCUT2D eigenvalue weighted by Gasteiger charge is 2.54. The summed E-state index contributed by atoms with van der Waals surface area (Å²) >= 11 is 0. The van der Waals surface area contributed by atoms with E-state index in [9.17, 15) is 9.59 Å². The van der Waals surface area contributed by atoms with E-state index in [1.807, 2.05) is 4.90 Å². The van der Waals surface area contributed by atoms with Crippen molar-refractivity contribution in [1.29, 1.82) is 0 Å². The van der Waals surface area contributed by atoms with Gasteiger partial charge in [-0.25, -0.2) is 9.07 Å². The van der Waals surface area contributed by atoms with Crippen LogP contribution in [0.15, 0.2) is 18.3 Å². The topological polar surface area (TPSA) is 103 Å². The number of rotatable bonds is 9. The number of likely N-dealkylation sites (tertiary alicyclic amines) is 1. The van der Waals surface area contributed by atoms with E-state index >= 15 is 4.39 Å². The Hall–Kier alpha value is -2.59. The summed E-state index contributed by atoms with van der Waals surface area (Å²) < 4.78 is 22.5. The van der Waals surface area contributed by atoms with Crippen molar-refractivity contribution in [1.82, 2.24) is 19.7 Å². The summed E-state index contributed by atoms with van der Waals surface area (Å²) in [6.45, 7) is 8.06. The van der Waals surface area contributed by atoms with Gasteiger partial charge in [0.1, 0.15) is 6.73 Å². The highest BCUT2D eigenvalue weighted by atomic mass is 28.3. The van der Waals surface area contributed by atoms with Crippen molar-refractivity contribution >= 4 is 19.9 Å². The van der Waals surface area contributed by atoms with Gasteiger partial charge < -0.3 is 15.4 Å². The van der Waals surface area contributed by atoms with Crippen LogP contribution >= 0.6 is 0 Å². The quantitative estimate of drug-likeness (QED) is 0.401. The normalized spacial score (nSPS) is 21.1. The second-order valence-electron chi connectivity index (χ2n) is 11.9. The van der Waals surface area contributed by atoms with Gasteiger partial charge in [-0.2, -0.15) is 5.10 Å². The SMILES string of the molecule is C[Si](C)(C)CCOCn1nc(C(=O)N2CCC(C(N)=O)CC23CC3)cc1-c1cc(C2CC2)ncc1F. The van der Waals surface area contributed by atoms with Crippen LogP contribution in [-0.4, -0.2) is 58.2 Å². The molecule has 36 heavy (non-hydrogen) atoms. The fourth-order valence-corrected chi connectivity index (χ4v) is 5.89. The van der Waals surface area contributed by atoms with E-state index in [1.54, 1.807) is 16.8 Å². The van der Waals surface area contributed by atoms with Gasteiger partial charge in [0.15, 0.2) is 11.5 Å². The number of primary amides is 1. The molecule has 10 heteroatoms. The number of pyridine rings is 1. The lowest BCUT2D eigenvalue weighted by molar-refractivity contribution is -0.124. The summed E-state index contributed by atoms with van der Waals surface area (Å²) in [7, 11) is -1.27. The van der Waals surface area contributed by atoms with Gasteiger partial charge >= 0.3 is 0 Å². The largest absolute Gasteiger partial charge is 0.369 e. The Morgan fingerprint density at radius 1 is 1.22 bits per heavy atom. The Bertz CT molecular complexity index is 1170. The highest BCUT2D eigenvalue weighted by Crippen LogP contribution is 2.50. The number of amides is 2. The summed E-state index contributed by atoms with van der Waals surface area (Å²) in [4.78, 5) is 31.6. The van der Waals surface area contributed by atoms with Crippen LogP contribution in [0.1, 0.15) is 60.6 Å². The Morgan fingerprint density at radius 2 is 1.97 bits per heavy atom. The van der Waals surface area contributed by atoms with Crippen LogP contribution in [-0.2, 0) is 16.3 Å². The molecule has 0 aromatic carbocycles. The Morgan fingerprint density at radius 3 is 2.61 bits per heavy atom. The maximum absolute atomic E-state index is 15.0. The molecule has 5 rings (SSSR count). The van der Waals surface area contributed by atoms with Gasteiger partial charge in [-0.15, -0.1) is 0 Å². The molecule has 1 unspecified atom stereocenters. The van der Waals surface area contributed by atoms with Gasteiger partial charge in [-0.05, 0) is 56.7 Å². The van der Waals surface area contributed by atoms with Crippen LogP contribution in [0.5, 0.6) is 0 Å². The van der Waals surface area contributed by atoms with Crippen molar-refractivity contribution in [2.45, 2.75) is 82.4 Å². The molecule has 2 saturated carbocycles. The molecule has 1 saturated heterocycles. The predicted octanol–water partition coefficient (Wildman–Crippen LogP) is 4.14. The highest BCUT2D eigenvalue weighted by molar-refractivity contribution is 6.76. The Labute approximate surface area is 212 Å². The molecule has 0 radical (unpaired) electrons. The second-order valence-corrected chi connectivity index (χ2v) is 17.5. The van der Waals surface area contributed by atoms with Gasteiger partial charge in [-0.1, -0.05) is 19.6 Å². The molecule has 1 aliphatic heterocycles. The van der Waals surface area contributed by atoms with E-state index in [4.69, 9.17) is 10.5 Å². The average Bonchev–Trinajstić information content (AvgIpc) is 3.75. The summed E-state index contributed by atoms with van der Waals surface area (Å²) in [5.41, 5.74) is 7.30. The molecule has 2 aromatic rings. The number of halogens is 1. The third-order valence-corrected chi connectivity index (χ3v) is 9.44. The van der Waals surface area contributed by atoms with Crippen LogP contribution in [0.2, 0.25) is 25.7 Å². The van der Waals surface area contributed by atoms with Crippen LogP contribution in [0.4, 0.5) is 4.39 Å². The van der Waals surface area contributed by atoms with E-state index in [0.29, 0.717) is 43.2 Å². The van der Waals surface area contributed by atoms with E-state index in [-0.39, 0.29) is 35.7 Å². The number of ether oxygens (including phenoxy) is 1. The molecule has 1 spiro atoms. The number of hydrogen-bond acceptors (Lipinski definition) is 5. The van der Waals surface area contributed by atoms with Gasteiger partial charge in [0, 0.05) is 49.9 Å². The minimum Gasteiger partial charge on any atom is -0.369 e. The fourth-order valence-electron chi connectivity index (χ4n) is 5.13. The molecule has 2 N–H and O–H groups in total. The standard InChI is InChI=1S/C26H36FN5O3Si/c1-36(2,3)11-10-35-16-32-23(19-12-21(17-4-5-17)29-15-20(19)27)13-22(30-32)25(34)31-9-6-18(24(28)33)14-26(31)7-8-26/h12-13,15,17-18H,4-11,14,16H2,1-3H3,(H2,28,33). The lowest BCUT2D eigenvalue weighted by atomic mass is 9.88. The second kappa shape index (κ2) is 9.37. The monoisotopic (exact) mass is 513 g/mol. The van der Waals surface area contributed by atoms with Crippen molar-refractivity contribution in [3.05, 3.63) is 35.5 Å². The lowest BCUT2D eigenvalue weighted by Gasteiger charge is -2.38. The van der Waals surface area contributed by atoms with Crippen LogP contribution in [0, 0.1) is 11.7 Å². The van der Waals surface area contributed by atoms with E-state index < -0.39 is 13.9 Å². The fraction of sp³-hybridized carbons (Fsp3) is 0.615. The summed E-state index contributed by atoms with van der Waals surface area (Å²) in [6.07, 6.45) is 6.26. The first kappa shape index (κ1) is 25.1. The molecule has 0 bridgehead atoms. The minimum absolute atomic E-state index is 0.141. The van der Waals surface area contributed by atoms with Crippen molar-refractivity contribution in [2.24, 2.45) is 11.7 Å². The summed E-state index contributed by atoms with van der Waals surface area (Å²) in [5.74, 6) is -0.751. The number of nitrogens with two attached hydrogens (primary N) is 1. The molecule has 3 heterocycles. The maximum Gasteiger partial charge on any atom is 0.274 e. The molecule has 8 nitrogen and oxygen atoms in total. The smallest absolute Gasteiger partial charge is 0.274 e. The van der Waals surface area contributed by atoms with Crippen molar-refractivity contribution in [2.75, 3.05) is 13.2 Å². The zero-order valence-corrected chi connectivity index (χ0v) is 22.4. The molecule has 2 aromatic heterocycles. The molecule has 2 amide bonds. The number of piperidine rings is 1. The lowest BCUT2D eigenvalue weighted by Crippen LogP contribution is -2.50. The zero-order chi connectivity index (χ0) is 25.7. The minimum atomic E-state index is -1.27. The maximum atomic E-state index is 15.0. The average molecular weight is 514 g/mol. The Kier molecular flexibility index (Phi) is 6.53. The third kappa shape index (κ3) is 5.24. The van der Waals surface area contributed by atoms with Gasteiger partial charge in [-0.3, -0.25) is 14.6 Å². The van der Waals surface area contributed by atoms with Gasteiger partial charge in [0.2, 0.25) is 5.91 Å². The number of aromatic nitrogens is 3. The molecular formula is C26H36FN5O3Si. The summed E-state index contributed by atoms with van der Waals surface area (Å²) in [5, 5.41) is 4.61. The van der Waals surface area contributed by atoms with E-state index in [2.05, 4.69) is 29.7 Å². The first-order chi connectivity index (χ1) is 17.1. The van der Waals surface area contributed by atoms with Crippen molar-refractivity contribution in [3.8, 4) is 11.3 Å². The number of hydrogen-bond donors (Lipinski definition) is 1. The van der Waals surface area contributed by atoms with Crippen LogP contribution in [0.25, 0.3) is 11.3 Å². The summed E-state index contributed by atoms with van der Waals surface area (Å²) in [6, 6.07) is 4.47. The number of carbonyl (C=O) groups is 2. The first-order valence-corrected chi connectivity index (χ1v) is 16.7. The van der Waals surface area contributed by atoms with Crippen molar-refractivity contribution < 1.29 is 18.7 Å². The first-order valence-electron chi connectivity index (χ1n) is 13.0. The molecule has 194 valence electrons. The zero-order valence-electron chi connectivity index (χ0n) is 21.4. The van der Waals surface area contributed by atoms with Crippen LogP contribution < -0.4 is 5.73 Å². The molecule has 2 aliphatic carbocycles. The Balaban J connectivity index is 1.42. The number of nitrogens with zero attached hydrogens (tertiary/aromatic N) is 4. The molecule has 3 fully saturated rings. The van der Waals surface area contributed by atoms with Gasteiger partial charge in [0.05, 0.1) is 11.9 Å². The van der Waals surface area contributed by atoms with Gasteiger partial charge in [0.25, 0.3) is 5.91 Å². The van der Waals surface area contributed by atoms with Crippen LogP contribution in [0.3, 0.4) is 0 Å². The third-order valence-electron chi connectivity index (χ3n) is 7.73.